The van der Waals surface area contributed by atoms with Crippen LogP contribution in [0.3, 0.4) is 0 Å². The number of aromatic nitrogens is 1. The molecule has 0 aliphatic carbocycles. The van der Waals surface area contributed by atoms with E-state index in [1.54, 1.807) is 0 Å². The second-order valence-corrected chi connectivity index (χ2v) is 6.19. The predicted molar refractivity (Wildman–Crippen MR) is 85.3 cm³/mol. The highest BCUT2D eigenvalue weighted by Gasteiger charge is 1.99. The van der Waals surface area contributed by atoms with Gasteiger partial charge in [-0.25, -0.2) is 0 Å². The first-order valence-corrected chi connectivity index (χ1v) is 8.07. The van der Waals surface area contributed by atoms with Gasteiger partial charge in [-0.2, -0.15) is 0 Å². The van der Waals surface area contributed by atoms with Crippen LogP contribution in [0.25, 0.3) is 0 Å². The minimum atomic E-state index is 0.934. The number of halogens is 1. The summed E-state index contributed by atoms with van der Waals surface area (Å²) in [6.45, 7) is 4.06. The largest absolute Gasteiger partial charge is 0.313 e. The highest BCUT2D eigenvalue weighted by Crippen LogP contribution is 2.24. The van der Waals surface area contributed by atoms with Gasteiger partial charge in [0.25, 0.3) is 0 Å². The molecule has 2 nitrogen and oxygen atoms in total. The zero-order chi connectivity index (χ0) is 13.5. The molecule has 2 rings (SSSR count). The van der Waals surface area contributed by atoms with Crippen molar-refractivity contribution in [1.82, 2.24) is 10.3 Å². The monoisotopic (exact) mass is 336 g/mol. The summed E-state index contributed by atoms with van der Waals surface area (Å²) in [6, 6.07) is 10.8. The van der Waals surface area contributed by atoms with E-state index in [4.69, 9.17) is 0 Å². The number of rotatable bonds is 6. The third-order valence-corrected chi connectivity index (χ3v) is 4.14. The van der Waals surface area contributed by atoms with Crippen molar-refractivity contribution in [3.8, 4) is 0 Å². The molecule has 19 heavy (non-hydrogen) atoms. The van der Waals surface area contributed by atoms with E-state index in [1.807, 2.05) is 24.2 Å². The third kappa shape index (κ3) is 4.97. The SMILES string of the molecule is CCNCc1cccc(SCc2cncc(Br)c2)c1. The molecule has 0 radical (unpaired) electrons. The second-order valence-electron chi connectivity index (χ2n) is 4.23. The van der Waals surface area contributed by atoms with Crippen LogP contribution >= 0.6 is 27.7 Å². The molecule has 0 spiro atoms. The molecule has 0 amide bonds. The van der Waals surface area contributed by atoms with Crippen molar-refractivity contribution in [2.45, 2.75) is 24.1 Å². The summed E-state index contributed by atoms with van der Waals surface area (Å²) in [5, 5.41) is 3.35. The summed E-state index contributed by atoms with van der Waals surface area (Å²) in [4.78, 5) is 5.49. The van der Waals surface area contributed by atoms with Crippen molar-refractivity contribution in [2.75, 3.05) is 6.54 Å². The van der Waals surface area contributed by atoms with Crippen LogP contribution in [0.5, 0.6) is 0 Å². The number of pyridine rings is 1. The van der Waals surface area contributed by atoms with Crippen molar-refractivity contribution in [2.24, 2.45) is 0 Å². The van der Waals surface area contributed by atoms with E-state index in [0.29, 0.717) is 0 Å². The van der Waals surface area contributed by atoms with E-state index in [0.717, 1.165) is 23.3 Å². The zero-order valence-corrected chi connectivity index (χ0v) is 13.3. The Morgan fingerprint density at radius 2 is 2.11 bits per heavy atom. The van der Waals surface area contributed by atoms with E-state index < -0.39 is 0 Å². The molecule has 1 N–H and O–H groups in total. The lowest BCUT2D eigenvalue weighted by Crippen LogP contribution is -2.11. The van der Waals surface area contributed by atoms with E-state index >= 15 is 0 Å². The van der Waals surface area contributed by atoms with Crippen molar-refractivity contribution in [3.63, 3.8) is 0 Å². The van der Waals surface area contributed by atoms with Crippen LogP contribution in [0.1, 0.15) is 18.1 Å². The molecule has 4 heteroatoms. The summed E-state index contributed by atoms with van der Waals surface area (Å²) in [5.74, 6) is 0.942. The summed E-state index contributed by atoms with van der Waals surface area (Å²) in [7, 11) is 0. The molecule has 100 valence electrons. The van der Waals surface area contributed by atoms with Gasteiger partial charge in [-0.15, -0.1) is 11.8 Å². The Balaban J connectivity index is 1.95. The quantitative estimate of drug-likeness (QED) is 0.798. The first-order chi connectivity index (χ1) is 9.28. The number of benzene rings is 1. The lowest BCUT2D eigenvalue weighted by atomic mass is 10.2. The Morgan fingerprint density at radius 1 is 1.21 bits per heavy atom. The number of nitrogens with zero attached hydrogens (tertiary/aromatic N) is 1. The minimum absolute atomic E-state index is 0.934. The van der Waals surface area contributed by atoms with Crippen LogP contribution < -0.4 is 5.32 Å². The first kappa shape index (κ1) is 14.6. The highest BCUT2D eigenvalue weighted by atomic mass is 79.9. The van der Waals surface area contributed by atoms with Gasteiger partial charge in [0.05, 0.1) is 0 Å². The Kier molecular flexibility index (Phi) is 5.89. The lowest BCUT2D eigenvalue weighted by molar-refractivity contribution is 0.725. The van der Waals surface area contributed by atoms with Gasteiger partial charge in [0.1, 0.15) is 0 Å². The molecule has 2 aromatic rings. The average molecular weight is 337 g/mol. The molecule has 0 fully saturated rings. The normalized spacial score (nSPS) is 10.6. The zero-order valence-electron chi connectivity index (χ0n) is 10.9. The van der Waals surface area contributed by atoms with Gasteiger partial charge in [-0.1, -0.05) is 19.1 Å². The summed E-state index contributed by atoms with van der Waals surface area (Å²) in [5.41, 5.74) is 2.57. The van der Waals surface area contributed by atoms with E-state index in [1.165, 1.54) is 16.0 Å². The van der Waals surface area contributed by atoms with Crippen LogP contribution in [0.4, 0.5) is 0 Å². The highest BCUT2D eigenvalue weighted by molar-refractivity contribution is 9.10. The molecular formula is C15H17BrN2S. The van der Waals surface area contributed by atoms with Gasteiger partial charge in [0, 0.05) is 34.1 Å². The van der Waals surface area contributed by atoms with Crippen molar-refractivity contribution >= 4 is 27.7 Å². The maximum atomic E-state index is 4.18. The molecule has 1 aromatic carbocycles. The maximum Gasteiger partial charge on any atom is 0.0410 e. The summed E-state index contributed by atoms with van der Waals surface area (Å²) >= 11 is 5.29. The second kappa shape index (κ2) is 7.68. The third-order valence-electron chi connectivity index (χ3n) is 2.64. The molecule has 0 atom stereocenters. The Labute approximate surface area is 127 Å². The molecule has 0 saturated heterocycles. The average Bonchev–Trinajstić information content (AvgIpc) is 2.43. The number of hydrogen-bond acceptors (Lipinski definition) is 3. The summed E-state index contributed by atoms with van der Waals surface area (Å²) < 4.78 is 1.03. The number of nitrogens with one attached hydrogen (secondary N) is 1. The Morgan fingerprint density at radius 3 is 2.89 bits per heavy atom. The van der Waals surface area contributed by atoms with Crippen LogP contribution in [0.15, 0.2) is 52.1 Å². The van der Waals surface area contributed by atoms with Crippen molar-refractivity contribution in [1.29, 1.82) is 0 Å². The fourth-order valence-corrected chi connectivity index (χ4v) is 3.03. The van der Waals surface area contributed by atoms with Gasteiger partial charge in [0.15, 0.2) is 0 Å². The smallest absolute Gasteiger partial charge is 0.0410 e. The van der Waals surface area contributed by atoms with Gasteiger partial charge >= 0.3 is 0 Å². The maximum absolute atomic E-state index is 4.18. The fraction of sp³-hybridized carbons (Fsp3) is 0.267. The first-order valence-electron chi connectivity index (χ1n) is 6.30. The molecule has 1 aromatic heterocycles. The Bertz CT molecular complexity index is 531. The minimum Gasteiger partial charge on any atom is -0.313 e. The van der Waals surface area contributed by atoms with Crippen LogP contribution in [0.2, 0.25) is 0 Å². The molecule has 1 heterocycles. The molecular weight excluding hydrogens is 320 g/mol. The number of hydrogen-bond donors (Lipinski definition) is 1. The van der Waals surface area contributed by atoms with E-state index in [9.17, 15) is 0 Å². The van der Waals surface area contributed by atoms with Gasteiger partial charge in [0.2, 0.25) is 0 Å². The van der Waals surface area contributed by atoms with Gasteiger partial charge < -0.3 is 5.32 Å². The standard InChI is InChI=1S/C15H17BrN2S/c1-2-17-8-12-4-3-5-15(7-12)19-11-13-6-14(16)10-18-9-13/h3-7,9-10,17H,2,8,11H2,1H3. The molecule has 0 saturated carbocycles. The van der Waals surface area contributed by atoms with Gasteiger partial charge in [-0.05, 0) is 51.8 Å². The molecule has 0 aliphatic heterocycles. The number of thioether (sulfide) groups is 1. The molecule has 0 bridgehead atoms. The van der Waals surface area contributed by atoms with Crippen LogP contribution in [0, 0.1) is 0 Å². The lowest BCUT2D eigenvalue weighted by Gasteiger charge is -2.06. The van der Waals surface area contributed by atoms with E-state index in [-0.39, 0.29) is 0 Å². The molecule has 0 unspecified atom stereocenters. The van der Waals surface area contributed by atoms with E-state index in [2.05, 4.69) is 63.5 Å². The van der Waals surface area contributed by atoms with Crippen molar-refractivity contribution < 1.29 is 0 Å². The van der Waals surface area contributed by atoms with Gasteiger partial charge in [-0.3, -0.25) is 4.98 Å². The predicted octanol–water partition coefficient (Wildman–Crippen LogP) is 4.25. The van der Waals surface area contributed by atoms with Crippen LogP contribution in [-0.4, -0.2) is 11.5 Å². The van der Waals surface area contributed by atoms with Crippen LogP contribution in [-0.2, 0) is 12.3 Å². The molecule has 0 aliphatic rings. The summed E-state index contributed by atoms with van der Waals surface area (Å²) in [6.07, 6.45) is 3.73. The van der Waals surface area contributed by atoms with Crippen molar-refractivity contribution in [3.05, 3.63) is 58.3 Å². The fourth-order valence-electron chi connectivity index (χ4n) is 1.72. The Hall–Kier alpha value is -0.840. The topological polar surface area (TPSA) is 24.9 Å².